The van der Waals surface area contributed by atoms with Gasteiger partial charge in [0.05, 0.1) is 11.1 Å². The molecule has 3 aromatic carbocycles. The van der Waals surface area contributed by atoms with Crippen LogP contribution in [0, 0.1) is 0 Å². The third-order valence-electron chi connectivity index (χ3n) is 4.87. The second kappa shape index (κ2) is 9.34. The van der Waals surface area contributed by atoms with Gasteiger partial charge in [-0.25, -0.2) is 0 Å². The number of carbonyl (C=O) groups is 1. The van der Waals surface area contributed by atoms with E-state index in [9.17, 15) is 15.0 Å². The average Bonchev–Trinajstić information content (AvgIpc) is 2.80. The zero-order valence-corrected chi connectivity index (χ0v) is 18.1. The van der Waals surface area contributed by atoms with Gasteiger partial charge in [0.25, 0.3) is 5.91 Å². The lowest BCUT2D eigenvalue weighted by Gasteiger charge is -2.23. The third-order valence-corrected chi connectivity index (χ3v) is 5.51. The molecule has 0 radical (unpaired) electrons. The number of phenolic OH excluding ortho intramolecular Hbond substituents is 2. The number of benzene rings is 3. The predicted octanol–water partition coefficient (Wildman–Crippen LogP) is 5.24. The van der Waals surface area contributed by atoms with Gasteiger partial charge < -0.3 is 20.3 Å². The highest BCUT2D eigenvalue weighted by molar-refractivity contribution is 6.35. The zero-order chi connectivity index (χ0) is 22.7. The molecular weight excluding hydrogens is 451 g/mol. The molecule has 1 amide bonds. The van der Waals surface area contributed by atoms with E-state index >= 15 is 0 Å². The first-order valence-electron chi connectivity index (χ1n) is 9.65. The molecule has 6 nitrogen and oxygen atoms in total. The molecule has 0 aliphatic heterocycles. The van der Waals surface area contributed by atoms with Crippen LogP contribution in [0.2, 0.25) is 10.0 Å². The molecule has 1 heterocycles. The summed E-state index contributed by atoms with van der Waals surface area (Å²) in [7, 11) is 0. The van der Waals surface area contributed by atoms with Gasteiger partial charge in [-0.3, -0.25) is 9.78 Å². The van der Waals surface area contributed by atoms with Gasteiger partial charge in [-0.2, -0.15) is 0 Å². The molecular formula is C24H18Cl2N2O4. The minimum absolute atomic E-state index is 0.0290. The van der Waals surface area contributed by atoms with Crippen LogP contribution in [-0.2, 0) is 4.79 Å². The molecule has 0 spiro atoms. The topological polar surface area (TPSA) is 91.7 Å². The molecule has 0 aliphatic rings. The van der Waals surface area contributed by atoms with Crippen LogP contribution in [-0.4, -0.2) is 27.7 Å². The summed E-state index contributed by atoms with van der Waals surface area (Å²) in [5.74, 6) is -0.0654. The van der Waals surface area contributed by atoms with E-state index in [1.54, 1.807) is 48.5 Å². The Morgan fingerprint density at radius 3 is 2.50 bits per heavy atom. The molecule has 4 aromatic rings. The van der Waals surface area contributed by atoms with Gasteiger partial charge in [0, 0.05) is 22.2 Å². The van der Waals surface area contributed by atoms with Crippen molar-refractivity contribution in [2.24, 2.45) is 0 Å². The standard InChI is InChI=1S/C24H18Cl2N2O4/c25-19-11-14(29)8-9-17(19)22(28-21(30)13-32-15-5-2-1-3-6-15)18-12-20(26)16-7-4-10-27-23(16)24(18)31/h1-12,22,29,31H,13H2,(H,28,30)/t22-/m0/s1. The number of ether oxygens (including phenoxy) is 1. The highest BCUT2D eigenvalue weighted by Gasteiger charge is 2.25. The van der Waals surface area contributed by atoms with Gasteiger partial charge in [-0.1, -0.05) is 47.5 Å². The van der Waals surface area contributed by atoms with Crippen LogP contribution in [0.3, 0.4) is 0 Å². The van der Waals surface area contributed by atoms with Crippen LogP contribution in [0.5, 0.6) is 17.2 Å². The number of nitrogens with zero attached hydrogens (tertiary/aromatic N) is 1. The van der Waals surface area contributed by atoms with Crippen LogP contribution in [0.15, 0.2) is 72.9 Å². The van der Waals surface area contributed by atoms with Crippen LogP contribution in [0.25, 0.3) is 10.9 Å². The lowest BCUT2D eigenvalue weighted by Crippen LogP contribution is -2.33. The van der Waals surface area contributed by atoms with E-state index in [0.29, 0.717) is 32.8 Å². The maximum atomic E-state index is 12.8. The number of carbonyl (C=O) groups excluding carboxylic acids is 1. The van der Waals surface area contributed by atoms with E-state index < -0.39 is 11.9 Å². The fourth-order valence-electron chi connectivity index (χ4n) is 3.37. The zero-order valence-electron chi connectivity index (χ0n) is 16.6. The van der Waals surface area contributed by atoms with Gasteiger partial charge in [0.1, 0.15) is 22.8 Å². The summed E-state index contributed by atoms with van der Waals surface area (Å²) >= 11 is 12.8. The number of fused-ring (bicyclic) bond motifs is 1. The number of para-hydroxylation sites is 1. The average molecular weight is 469 g/mol. The maximum Gasteiger partial charge on any atom is 0.258 e. The summed E-state index contributed by atoms with van der Waals surface area (Å²) in [6, 6.07) is 17.4. The lowest BCUT2D eigenvalue weighted by molar-refractivity contribution is -0.123. The molecule has 32 heavy (non-hydrogen) atoms. The highest BCUT2D eigenvalue weighted by atomic mass is 35.5. The van der Waals surface area contributed by atoms with Crippen molar-refractivity contribution < 1.29 is 19.7 Å². The number of rotatable bonds is 6. The van der Waals surface area contributed by atoms with E-state index in [2.05, 4.69) is 10.3 Å². The van der Waals surface area contributed by atoms with Crippen LogP contribution >= 0.6 is 23.2 Å². The molecule has 0 aliphatic carbocycles. The molecule has 0 bridgehead atoms. The first-order valence-corrected chi connectivity index (χ1v) is 10.4. The molecule has 0 saturated heterocycles. The molecule has 0 saturated carbocycles. The predicted molar refractivity (Wildman–Crippen MR) is 123 cm³/mol. The van der Waals surface area contributed by atoms with Crippen molar-refractivity contribution in [1.29, 1.82) is 0 Å². The van der Waals surface area contributed by atoms with Crippen molar-refractivity contribution in [2.75, 3.05) is 6.61 Å². The number of nitrogens with one attached hydrogen (secondary N) is 1. The molecule has 162 valence electrons. The Balaban J connectivity index is 1.72. The van der Waals surface area contributed by atoms with Gasteiger partial charge in [0.15, 0.2) is 6.61 Å². The van der Waals surface area contributed by atoms with Gasteiger partial charge >= 0.3 is 0 Å². The molecule has 0 fully saturated rings. The summed E-state index contributed by atoms with van der Waals surface area (Å²) in [5, 5.41) is 24.7. The Kier molecular flexibility index (Phi) is 6.35. The summed E-state index contributed by atoms with van der Waals surface area (Å²) in [4.78, 5) is 17.0. The summed E-state index contributed by atoms with van der Waals surface area (Å²) in [5.41, 5.74) is 1.06. The number of pyridine rings is 1. The largest absolute Gasteiger partial charge is 0.508 e. The Labute approximate surface area is 194 Å². The first kappa shape index (κ1) is 21.7. The molecule has 1 atom stereocenters. The fourth-order valence-corrected chi connectivity index (χ4v) is 3.92. The first-order chi connectivity index (χ1) is 15.4. The monoisotopic (exact) mass is 468 g/mol. The summed E-state index contributed by atoms with van der Waals surface area (Å²) in [6.45, 7) is -0.253. The van der Waals surface area contributed by atoms with Crippen molar-refractivity contribution in [3.05, 3.63) is 94.1 Å². The van der Waals surface area contributed by atoms with Crippen LogP contribution in [0.4, 0.5) is 0 Å². The van der Waals surface area contributed by atoms with E-state index in [4.69, 9.17) is 27.9 Å². The minimum Gasteiger partial charge on any atom is -0.508 e. The number of aromatic hydroxyl groups is 2. The fraction of sp³-hybridized carbons (Fsp3) is 0.0833. The van der Waals surface area contributed by atoms with Crippen molar-refractivity contribution in [3.63, 3.8) is 0 Å². The van der Waals surface area contributed by atoms with Gasteiger partial charge in [-0.05, 0) is 48.0 Å². The summed E-state index contributed by atoms with van der Waals surface area (Å²) < 4.78 is 5.53. The third kappa shape index (κ3) is 4.56. The SMILES string of the molecule is O=C(COc1ccccc1)N[C@@H](c1ccc(O)cc1Cl)c1cc(Cl)c2cccnc2c1O. The minimum atomic E-state index is -0.876. The van der Waals surface area contributed by atoms with Crippen LogP contribution < -0.4 is 10.1 Å². The van der Waals surface area contributed by atoms with E-state index in [1.807, 2.05) is 6.07 Å². The van der Waals surface area contributed by atoms with Crippen LogP contribution in [0.1, 0.15) is 17.2 Å². The molecule has 0 unspecified atom stereocenters. The van der Waals surface area contributed by atoms with Crippen molar-refractivity contribution in [2.45, 2.75) is 6.04 Å². The summed E-state index contributed by atoms with van der Waals surface area (Å²) in [6.07, 6.45) is 1.54. The van der Waals surface area contributed by atoms with E-state index in [1.165, 1.54) is 18.3 Å². The number of halogens is 2. The number of phenols is 2. The maximum absolute atomic E-state index is 12.8. The number of hydrogen-bond donors (Lipinski definition) is 3. The highest BCUT2D eigenvalue weighted by Crippen LogP contribution is 2.40. The van der Waals surface area contributed by atoms with E-state index in [0.717, 1.165) is 0 Å². The van der Waals surface area contributed by atoms with Crippen molar-refractivity contribution in [1.82, 2.24) is 10.3 Å². The molecule has 8 heteroatoms. The molecule has 4 rings (SSSR count). The Bertz CT molecular complexity index is 1280. The second-order valence-corrected chi connectivity index (χ2v) is 7.82. The number of amides is 1. The van der Waals surface area contributed by atoms with E-state index in [-0.39, 0.29) is 23.1 Å². The Morgan fingerprint density at radius 2 is 1.75 bits per heavy atom. The van der Waals surface area contributed by atoms with Crippen molar-refractivity contribution in [3.8, 4) is 17.2 Å². The lowest BCUT2D eigenvalue weighted by atomic mass is 9.96. The Hall–Kier alpha value is -3.48. The van der Waals surface area contributed by atoms with Crippen molar-refractivity contribution >= 4 is 40.0 Å². The molecule has 1 aromatic heterocycles. The quantitative estimate of drug-likeness (QED) is 0.360. The van der Waals surface area contributed by atoms with Gasteiger partial charge in [0.2, 0.25) is 0 Å². The second-order valence-electron chi connectivity index (χ2n) is 7.00. The number of hydrogen-bond acceptors (Lipinski definition) is 5. The Morgan fingerprint density at radius 1 is 0.969 bits per heavy atom. The molecule has 3 N–H and O–H groups in total. The van der Waals surface area contributed by atoms with Gasteiger partial charge in [-0.15, -0.1) is 0 Å². The smallest absolute Gasteiger partial charge is 0.258 e. The normalized spacial score (nSPS) is 11.8. The number of aromatic nitrogens is 1.